The minimum Gasteiger partial charge on any atom is -0.314 e. The van der Waals surface area contributed by atoms with E-state index >= 15 is 0 Å². The van der Waals surface area contributed by atoms with Crippen LogP contribution in [0.1, 0.15) is 20.3 Å². The summed E-state index contributed by atoms with van der Waals surface area (Å²) in [7, 11) is 0. The van der Waals surface area contributed by atoms with E-state index in [1.54, 1.807) is 6.92 Å². The van der Waals surface area contributed by atoms with Gasteiger partial charge in [-0.25, -0.2) is 8.78 Å². The fraction of sp³-hybridized carbons (Fsp3) is 1.00. The maximum atomic E-state index is 13.5. The maximum absolute atomic E-state index is 13.5. The highest BCUT2D eigenvalue weighted by atomic mass is 19.3. The highest BCUT2D eigenvalue weighted by Crippen LogP contribution is 2.30. The Morgan fingerprint density at radius 3 is 2.77 bits per heavy atom. The second-order valence-corrected chi connectivity index (χ2v) is 3.74. The molecule has 2 atom stereocenters. The molecule has 0 bridgehead atoms. The van der Waals surface area contributed by atoms with Crippen LogP contribution in [0, 0.1) is 5.92 Å². The Labute approximate surface area is 78.1 Å². The minimum absolute atomic E-state index is 0.372. The summed E-state index contributed by atoms with van der Waals surface area (Å²) in [5.41, 5.74) is 0. The number of hydrogen-bond acceptors (Lipinski definition) is 2. The maximum Gasteiger partial charge on any atom is 0.268 e. The second-order valence-electron chi connectivity index (χ2n) is 3.74. The van der Waals surface area contributed by atoms with Crippen molar-refractivity contribution < 1.29 is 8.78 Å². The van der Waals surface area contributed by atoms with Gasteiger partial charge in [-0.1, -0.05) is 13.8 Å². The van der Waals surface area contributed by atoms with Crippen LogP contribution >= 0.6 is 0 Å². The van der Waals surface area contributed by atoms with E-state index in [0.29, 0.717) is 19.6 Å². The zero-order valence-corrected chi connectivity index (χ0v) is 8.24. The molecule has 1 heterocycles. The van der Waals surface area contributed by atoms with Crippen LogP contribution in [0.3, 0.4) is 0 Å². The number of rotatable bonds is 3. The Balaban J connectivity index is 2.50. The third kappa shape index (κ3) is 2.38. The Hall–Kier alpha value is -0.220. The first-order valence-corrected chi connectivity index (χ1v) is 4.91. The normalized spacial score (nSPS) is 33.2. The standard InChI is InChI=1S/C9H18F2N2/c1-3-4-13-8-6-12-5-7(2)9(8,10)11/h7-8,12-13H,3-6H2,1-2H3. The predicted octanol–water partition coefficient (Wildman–Crippen LogP) is 1.23. The molecular formula is C9H18F2N2. The van der Waals surface area contributed by atoms with Gasteiger partial charge in [-0.15, -0.1) is 0 Å². The van der Waals surface area contributed by atoms with Crippen LogP contribution < -0.4 is 10.6 Å². The summed E-state index contributed by atoms with van der Waals surface area (Å²) in [6.45, 7) is 5.01. The molecule has 0 saturated carbocycles. The van der Waals surface area contributed by atoms with Crippen molar-refractivity contribution >= 4 is 0 Å². The van der Waals surface area contributed by atoms with Crippen LogP contribution in [0.2, 0.25) is 0 Å². The van der Waals surface area contributed by atoms with E-state index in [1.807, 2.05) is 6.92 Å². The van der Waals surface area contributed by atoms with E-state index in [0.717, 1.165) is 6.42 Å². The van der Waals surface area contributed by atoms with Gasteiger partial charge < -0.3 is 10.6 Å². The van der Waals surface area contributed by atoms with Crippen LogP contribution in [0.15, 0.2) is 0 Å². The first-order valence-electron chi connectivity index (χ1n) is 4.91. The second kappa shape index (κ2) is 4.33. The van der Waals surface area contributed by atoms with Gasteiger partial charge in [0.25, 0.3) is 5.92 Å². The zero-order chi connectivity index (χ0) is 9.90. The smallest absolute Gasteiger partial charge is 0.268 e. The summed E-state index contributed by atoms with van der Waals surface area (Å²) < 4.78 is 27.0. The predicted molar refractivity (Wildman–Crippen MR) is 49.1 cm³/mol. The van der Waals surface area contributed by atoms with Gasteiger partial charge in [-0.2, -0.15) is 0 Å². The molecular weight excluding hydrogens is 174 g/mol. The lowest BCUT2D eigenvalue weighted by Gasteiger charge is -2.37. The van der Waals surface area contributed by atoms with Crippen molar-refractivity contribution in [2.75, 3.05) is 19.6 Å². The lowest BCUT2D eigenvalue weighted by atomic mass is 9.92. The van der Waals surface area contributed by atoms with Crippen LogP contribution in [-0.4, -0.2) is 31.6 Å². The van der Waals surface area contributed by atoms with Crippen LogP contribution in [0.4, 0.5) is 8.78 Å². The summed E-state index contributed by atoms with van der Waals surface area (Å²) in [5, 5.41) is 5.89. The molecule has 0 aliphatic carbocycles. The van der Waals surface area contributed by atoms with Gasteiger partial charge in [0.2, 0.25) is 0 Å². The van der Waals surface area contributed by atoms with Gasteiger partial charge in [0.15, 0.2) is 0 Å². The summed E-state index contributed by atoms with van der Waals surface area (Å²) in [4.78, 5) is 0. The van der Waals surface area contributed by atoms with Gasteiger partial charge in [0.1, 0.15) is 0 Å². The molecule has 1 saturated heterocycles. The van der Waals surface area contributed by atoms with Crippen molar-refractivity contribution in [1.29, 1.82) is 0 Å². The molecule has 0 spiro atoms. The average molecular weight is 192 g/mol. The summed E-state index contributed by atoms with van der Waals surface area (Å²) in [5.74, 6) is -3.14. The lowest BCUT2D eigenvalue weighted by molar-refractivity contribution is -0.0967. The van der Waals surface area contributed by atoms with Gasteiger partial charge >= 0.3 is 0 Å². The highest BCUT2D eigenvalue weighted by Gasteiger charge is 2.46. The Morgan fingerprint density at radius 2 is 2.15 bits per heavy atom. The lowest BCUT2D eigenvalue weighted by Crippen LogP contribution is -2.60. The average Bonchev–Trinajstić information content (AvgIpc) is 2.08. The molecule has 1 aliphatic rings. The van der Waals surface area contributed by atoms with E-state index in [4.69, 9.17) is 0 Å². The summed E-state index contributed by atoms with van der Waals surface area (Å²) >= 11 is 0. The molecule has 1 fully saturated rings. The van der Waals surface area contributed by atoms with Crippen molar-refractivity contribution in [2.24, 2.45) is 5.92 Å². The number of halogens is 2. The Morgan fingerprint density at radius 1 is 1.46 bits per heavy atom. The molecule has 2 unspecified atom stereocenters. The monoisotopic (exact) mass is 192 g/mol. The Kier molecular flexibility index (Phi) is 3.62. The van der Waals surface area contributed by atoms with Crippen molar-refractivity contribution in [3.8, 4) is 0 Å². The molecule has 1 aliphatic heterocycles. The van der Waals surface area contributed by atoms with Crippen molar-refractivity contribution in [1.82, 2.24) is 10.6 Å². The van der Waals surface area contributed by atoms with E-state index in [-0.39, 0.29) is 0 Å². The van der Waals surface area contributed by atoms with Crippen LogP contribution in [0.5, 0.6) is 0 Å². The summed E-state index contributed by atoms with van der Waals surface area (Å²) in [6.07, 6.45) is 0.890. The molecule has 1 rings (SSSR count). The number of alkyl halides is 2. The first kappa shape index (κ1) is 10.9. The largest absolute Gasteiger partial charge is 0.314 e. The van der Waals surface area contributed by atoms with E-state index in [9.17, 15) is 8.78 Å². The molecule has 13 heavy (non-hydrogen) atoms. The highest BCUT2D eigenvalue weighted by molar-refractivity contribution is 4.93. The fourth-order valence-corrected chi connectivity index (χ4v) is 1.59. The topological polar surface area (TPSA) is 24.1 Å². The van der Waals surface area contributed by atoms with Gasteiger partial charge in [-0.3, -0.25) is 0 Å². The number of piperidine rings is 1. The molecule has 0 aromatic carbocycles. The van der Waals surface area contributed by atoms with E-state index in [1.165, 1.54) is 0 Å². The van der Waals surface area contributed by atoms with E-state index < -0.39 is 17.9 Å². The van der Waals surface area contributed by atoms with Crippen molar-refractivity contribution in [3.63, 3.8) is 0 Å². The van der Waals surface area contributed by atoms with Crippen LogP contribution in [-0.2, 0) is 0 Å². The molecule has 0 aromatic heterocycles. The molecule has 0 aromatic rings. The molecule has 0 amide bonds. The number of hydrogen-bond donors (Lipinski definition) is 2. The zero-order valence-electron chi connectivity index (χ0n) is 8.24. The molecule has 4 heteroatoms. The SMILES string of the molecule is CCCNC1CNCC(C)C1(F)F. The third-order valence-electron chi connectivity index (χ3n) is 2.56. The third-order valence-corrected chi connectivity index (χ3v) is 2.56. The Bertz CT molecular complexity index is 162. The fourth-order valence-electron chi connectivity index (χ4n) is 1.59. The molecule has 2 nitrogen and oxygen atoms in total. The van der Waals surface area contributed by atoms with Gasteiger partial charge in [0.05, 0.1) is 6.04 Å². The summed E-state index contributed by atoms with van der Waals surface area (Å²) in [6, 6.07) is -0.698. The van der Waals surface area contributed by atoms with Crippen molar-refractivity contribution in [2.45, 2.75) is 32.2 Å². The van der Waals surface area contributed by atoms with E-state index in [2.05, 4.69) is 10.6 Å². The molecule has 0 radical (unpaired) electrons. The van der Waals surface area contributed by atoms with Gasteiger partial charge in [-0.05, 0) is 13.0 Å². The van der Waals surface area contributed by atoms with Crippen molar-refractivity contribution in [3.05, 3.63) is 0 Å². The van der Waals surface area contributed by atoms with Crippen LogP contribution in [0.25, 0.3) is 0 Å². The first-order chi connectivity index (χ1) is 6.09. The molecule has 78 valence electrons. The molecule has 2 N–H and O–H groups in total. The number of nitrogens with one attached hydrogen (secondary N) is 2. The minimum atomic E-state index is -2.57. The quantitative estimate of drug-likeness (QED) is 0.702. The van der Waals surface area contributed by atoms with Gasteiger partial charge in [0, 0.05) is 19.0 Å².